The van der Waals surface area contributed by atoms with Gasteiger partial charge in [0.15, 0.2) is 0 Å². The normalized spacial score (nSPS) is 30.6. The van der Waals surface area contributed by atoms with E-state index in [2.05, 4.69) is 24.8 Å². The van der Waals surface area contributed by atoms with Gasteiger partial charge in [-0.1, -0.05) is 13.8 Å². The number of hydrogen-bond acceptors (Lipinski definition) is 5. The summed E-state index contributed by atoms with van der Waals surface area (Å²) < 4.78 is 0. The molecular formula is C15H19N3OS2. The molecule has 3 heterocycles. The minimum Gasteiger partial charge on any atom is -0.301 e. The lowest BCUT2D eigenvalue weighted by atomic mass is 10.2. The van der Waals surface area contributed by atoms with Crippen molar-refractivity contribution in [2.45, 2.75) is 36.8 Å². The number of carbonyl (C=O) groups excluding carboxylic acids is 1. The molecule has 1 aromatic heterocycles. The molecule has 0 radical (unpaired) electrons. The standard InChI is InChI=1S/C15H19N3OS2/c1-10-8-17(9-11(2)21-10)13-3-5-18(14(13)19)15-12(7-16)4-6-20-15/h4,6,10-11,13H,3,5,8-9H2,1-2H3/t10-,11-,13+/m1/s1. The average molecular weight is 321 g/mol. The largest absolute Gasteiger partial charge is 0.301 e. The lowest BCUT2D eigenvalue weighted by Crippen LogP contribution is -2.49. The van der Waals surface area contributed by atoms with Crippen LogP contribution in [0.3, 0.4) is 0 Å². The number of anilines is 1. The monoisotopic (exact) mass is 321 g/mol. The minimum absolute atomic E-state index is 0.00978. The van der Waals surface area contributed by atoms with E-state index < -0.39 is 0 Å². The van der Waals surface area contributed by atoms with Crippen LogP contribution in [-0.2, 0) is 4.79 Å². The molecule has 3 rings (SSSR count). The second kappa shape index (κ2) is 5.99. The van der Waals surface area contributed by atoms with Crippen LogP contribution in [0.4, 0.5) is 5.00 Å². The summed E-state index contributed by atoms with van der Waals surface area (Å²) in [4.78, 5) is 16.9. The maximum absolute atomic E-state index is 12.8. The highest BCUT2D eigenvalue weighted by molar-refractivity contribution is 8.00. The van der Waals surface area contributed by atoms with Crippen molar-refractivity contribution in [1.82, 2.24) is 4.90 Å². The first kappa shape index (κ1) is 14.9. The summed E-state index contributed by atoms with van der Waals surface area (Å²) in [5, 5.41) is 13.0. The van der Waals surface area contributed by atoms with Crippen LogP contribution in [-0.4, -0.2) is 47.0 Å². The van der Waals surface area contributed by atoms with E-state index in [4.69, 9.17) is 5.26 Å². The molecular weight excluding hydrogens is 302 g/mol. The van der Waals surface area contributed by atoms with Crippen molar-refractivity contribution in [2.24, 2.45) is 0 Å². The Morgan fingerprint density at radius 3 is 2.71 bits per heavy atom. The van der Waals surface area contributed by atoms with Gasteiger partial charge in [0.25, 0.3) is 0 Å². The summed E-state index contributed by atoms with van der Waals surface area (Å²) in [5.74, 6) is 0.167. The number of carbonyl (C=O) groups is 1. The Labute approximate surface area is 133 Å². The molecule has 2 aliphatic heterocycles. The maximum atomic E-state index is 12.8. The van der Waals surface area contributed by atoms with Gasteiger partial charge >= 0.3 is 0 Å². The fourth-order valence-corrected chi connectivity index (χ4v) is 5.50. The van der Waals surface area contributed by atoms with E-state index in [9.17, 15) is 4.79 Å². The highest BCUT2D eigenvalue weighted by Gasteiger charge is 2.40. The zero-order chi connectivity index (χ0) is 15.0. The van der Waals surface area contributed by atoms with E-state index in [0.717, 1.165) is 31.1 Å². The van der Waals surface area contributed by atoms with E-state index >= 15 is 0 Å². The number of rotatable bonds is 2. The smallest absolute Gasteiger partial charge is 0.245 e. The summed E-state index contributed by atoms with van der Waals surface area (Å²) >= 11 is 3.49. The summed E-state index contributed by atoms with van der Waals surface area (Å²) in [7, 11) is 0. The predicted molar refractivity (Wildman–Crippen MR) is 87.9 cm³/mol. The van der Waals surface area contributed by atoms with Crippen LogP contribution in [0.5, 0.6) is 0 Å². The Hall–Kier alpha value is -1.03. The number of thiophene rings is 1. The van der Waals surface area contributed by atoms with Crippen molar-refractivity contribution in [2.75, 3.05) is 24.5 Å². The summed E-state index contributed by atoms with van der Waals surface area (Å²) in [6.07, 6.45) is 0.867. The molecule has 2 saturated heterocycles. The van der Waals surface area contributed by atoms with Crippen molar-refractivity contribution in [1.29, 1.82) is 5.26 Å². The minimum atomic E-state index is -0.00978. The third-order valence-electron chi connectivity index (χ3n) is 4.08. The molecule has 6 heteroatoms. The fraction of sp³-hybridized carbons (Fsp3) is 0.600. The maximum Gasteiger partial charge on any atom is 0.245 e. The zero-order valence-corrected chi connectivity index (χ0v) is 13.9. The van der Waals surface area contributed by atoms with E-state index in [1.165, 1.54) is 11.3 Å². The molecule has 21 heavy (non-hydrogen) atoms. The first-order valence-corrected chi connectivity index (χ1v) is 9.11. The van der Waals surface area contributed by atoms with Gasteiger partial charge in [-0.3, -0.25) is 9.69 Å². The van der Waals surface area contributed by atoms with Crippen molar-refractivity contribution >= 4 is 34.0 Å². The van der Waals surface area contributed by atoms with Gasteiger partial charge in [0.2, 0.25) is 5.91 Å². The van der Waals surface area contributed by atoms with E-state index in [-0.39, 0.29) is 11.9 Å². The number of thioether (sulfide) groups is 1. The van der Waals surface area contributed by atoms with Crippen LogP contribution < -0.4 is 4.90 Å². The van der Waals surface area contributed by atoms with E-state index in [1.54, 1.807) is 6.07 Å². The average Bonchev–Trinajstić information content (AvgIpc) is 3.03. The van der Waals surface area contributed by atoms with Gasteiger partial charge in [0.05, 0.1) is 11.6 Å². The number of hydrogen-bond donors (Lipinski definition) is 0. The molecule has 1 aromatic rings. The lowest BCUT2D eigenvalue weighted by Gasteiger charge is -2.37. The first-order valence-electron chi connectivity index (χ1n) is 7.28. The van der Waals surface area contributed by atoms with Crippen molar-refractivity contribution in [3.8, 4) is 6.07 Å². The zero-order valence-electron chi connectivity index (χ0n) is 12.3. The molecule has 1 amide bonds. The Kier molecular flexibility index (Phi) is 4.25. The SMILES string of the molecule is C[C@@H]1CN([C@H]2CCN(c3sccc3C#N)C2=O)C[C@@H](C)S1. The quantitative estimate of drug-likeness (QED) is 0.840. The molecule has 0 spiro atoms. The molecule has 112 valence electrons. The Bertz CT molecular complexity index is 570. The molecule has 0 saturated carbocycles. The second-order valence-corrected chi connectivity index (χ2v) is 8.53. The third-order valence-corrected chi connectivity index (χ3v) is 6.24. The highest BCUT2D eigenvalue weighted by atomic mass is 32.2. The van der Waals surface area contributed by atoms with Crippen LogP contribution in [0.2, 0.25) is 0 Å². The molecule has 4 nitrogen and oxygen atoms in total. The molecule has 2 aliphatic rings. The first-order chi connectivity index (χ1) is 10.1. The van der Waals surface area contributed by atoms with Crippen molar-refractivity contribution < 1.29 is 4.79 Å². The lowest BCUT2D eigenvalue weighted by molar-refractivity contribution is -0.121. The molecule has 0 unspecified atom stereocenters. The Balaban J connectivity index is 1.76. The van der Waals surface area contributed by atoms with Gasteiger partial charge in [-0.25, -0.2) is 0 Å². The van der Waals surface area contributed by atoms with E-state index in [0.29, 0.717) is 16.1 Å². The summed E-state index contributed by atoms with van der Waals surface area (Å²) in [6.45, 7) is 7.16. The number of nitrogens with zero attached hydrogens (tertiary/aromatic N) is 3. The van der Waals surface area contributed by atoms with Gasteiger partial charge < -0.3 is 4.90 Å². The van der Waals surface area contributed by atoms with Crippen LogP contribution in [0, 0.1) is 11.3 Å². The molecule has 2 fully saturated rings. The number of nitriles is 1. The van der Waals surface area contributed by atoms with Crippen LogP contribution in [0.15, 0.2) is 11.4 Å². The third kappa shape index (κ3) is 2.83. The molecule has 0 aromatic carbocycles. The van der Waals surface area contributed by atoms with Crippen LogP contribution >= 0.6 is 23.1 Å². The Morgan fingerprint density at radius 2 is 2.05 bits per heavy atom. The van der Waals surface area contributed by atoms with Crippen LogP contribution in [0.25, 0.3) is 0 Å². The second-order valence-electron chi connectivity index (χ2n) is 5.76. The topological polar surface area (TPSA) is 47.3 Å². The molecule has 0 aliphatic carbocycles. The summed E-state index contributed by atoms with van der Waals surface area (Å²) in [5.41, 5.74) is 0.616. The van der Waals surface area contributed by atoms with Gasteiger partial charge in [-0.2, -0.15) is 17.0 Å². The molecule has 0 N–H and O–H groups in total. The van der Waals surface area contributed by atoms with Crippen molar-refractivity contribution in [3.05, 3.63) is 17.0 Å². The van der Waals surface area contributed by atoms with Crippen LogP contribution in [0.1, 0.15) is 25.8 Å². The van der Waals surface area contributed by atoms with E-state index in [1.807, 2.05) is 22.0 Å². The van der Waals surface area contributed by atoms with Crippen molar-refractivity contribution in [3.63, 3.8) is 0 Å². The highest BCUT2D eigenvalue weighted by Crippen LogP contribution is 2.34. The molecule has 0 bridgehead atoms. The molecule has 3 atom stereocenters. The van der Waals surface area contributed by atoms with Gasteiger partial charge in [-0.15, -0.1) is 11.3 Å². The Morgan fingerprint density at radius 1 is 1.33 bits per heavy atom. The summed E-state index contributed by atoms with van der Waals surface area (Å²) in [6, 6.07) is 3.97. The number of amides is 1. The fourth-order valence-electron chi connectivity index (χ4n) is 3.27. The predicted octanol–water partition coefficient (Wildman–Crippen LogP) is 2.55. The van der Waals surface area contributed by atoms with Gasteiger partial charge in [-0.05, 0) is 17.9 Å². The van der Waals surface area contributed by atoms with Gasteiger partial charge in [0, 0.05) is 30.1 Å². The van der Waals surface area contributed by atoms with Gasteiger partial charge in [0.1, 0.15) is 11.1 Å².